The summed E-state index contributed by atoms with van der Waals surface area (Å²) in [6.45, 7) is 0.156. The van der Waals surface area contributed by atoms with Gasteiger partial charge in [0, 0.05) is 14.1 Å². The lowest BCUT2D eigenvalue weighted by molar-refractivity contribution is -0.142. The van der Waals surface area contributed by atoms with Crippen LogP contribution in [0.2, 0.25) is 0 Å². The molecule has 1 saturated heterocycles. The normalized spacial score (nSPS) is 22.3. The number of rotatable bonds is 4. The fourth-order valence-electron chi connectivity index (χ4n) is 1.57. The van der Waals surface area contributed by atoms with Crippen LogP contribution >= 0.6 is 0 Å². The first-order valence-electron chi connectivity index (χ1n) is 5.48. The van der Waals surface area contributed by atoms with Crippen LogP contribution in [-0.4, -0.2) is 67.8 Å². The van der Waals surface area contributed by atoms with Gasteiger partial charge in [-0.15, -0.1) is 0 Å². The summed E-state index contributed by atoms with van der Waals surface area (Å²) in [7, 11) is 2.93. The third-order valence-electron chi connectivity index (χ3n) is 2.71. The highest BCUT2D eigenvalue weighted by Crippen LogP contribution is 2.13. The predicted molar refractivity (Wildman–Crippen MR) is 61.0 cm³/mol. The smallest absolute Gasteiger partial charge is 0.317 e. The summed E-state index contributed by atoms with van der Waals surface area (Å²) in [4.78, 5) is 34.8. The molecule has 1 rings (SSSR count). The van der Waals surface area contributed by atoms with Crippen LogP contribution in [-0.2, 0) is 14.3 Å². The second-order valence-corrected chi connectivity index (χ2v) is 4.07. The molecule has 0 radical (unpaired) electrons. The Morgan fingerprint density at radius 3 is 2.61 bits per heavy atom. The van der Waals surface area contributed by atoms with E-state index in [0.29, 0.717) is 0 Å². The molecular weight excluding hydrogens is 242 g/mol. The molecule has 2 unspecified atom stereocenters. The van der Waals surface area contributed by atoms with Gasteiger partial charge in [0.05, 0.1) is 19.3 Å². The number of nitrogens with zero attached hydrogens (tertiary/aromatic N) is 1. The number of carbonyl (C=O) groups excluding carboxylic acids is 2. The standard InChI is InChI=1S/C10H17N3O5/c1-11-8(14)3-13(2)10(17)12-7-5-18-4-6(7)9(15)16/h6-7H,3-5H2,1-2H3,(H,11,14)(H,12,17)(H,15,16). The van der Waals surface area contributed by atoms with Crippen molar-refractivity contribution in [3.05, 3.63) is 0 Å². The van der Waals surface area contributed by atoms with Gasteiger partial charge >= 0.3 is 12.0 Å². The molecule has 1 fully saturated rings. The molecule has 0 aromatic rings. The van der Waals surface area contributed by atoms with Gasteiger partial charge < -0.3 is 25.4 Å². The maximum Gasteiger partial charge on any atom is 0.317 e. The molecule has 1 aliphatic rings. The van der Waals surface area contributed by atoms with Crippen molar-refractivity contribution < 1.29 is 24.2 Å². The Morgan fingerprint density at radius 1 is 1.39 bits per heavy atom. The van der Waals surface area contributed by atoms with Crippen LogP contribution < -0.4 is 10.6 Å². The van der Waals surface area contributed by atoms with Crippen LogP contribution in [0.1, 0.15) is 0 Å². The molecule has 0 aliphatic carbocycles. The van der Waals surface area contributed by atoms with E-state index >= 15 is 0 Å². The Hall–Kier alpha value is -1.83. The predicted octanol–water partition coefficient (Wildman–Crippen LogP) is -1.53. The molecule has 2 atom stereocenters. The van der Waals surface area contributed by atoms with Crippen LogP contribution in [0.5, 0.6) is 0 Å². The number of amides is 3. The van der Waals surface area contributed by atoms with Gasteiger partial charge in [-0.05, 0) is 0 Å². The first-order chi connectivity index (χ1) is 8.45. The highest BCUT2D eigenvalue weighted by molar-refractivity contribution is 5.84. The van der Waals surface area contributed by atoms with Crippen molar-refractivity contribution in [2.45, 2.75) is 6.04 Å². The molecule has 3 amide bonds. The number of hydrogen-bond donors (Lipinski definition) is 3. The van der Waals surface area contributed by atoms with Crippen LogP contribution in [0.3, 0.4) is 0 Å². The molecule has 8 nitrogen and oxygen atoms in total. The second kappa shape index (κ2) is 6.20. The van der Waals surface area contributed by atoms with Crippen molar-refractivity contribution in [3.8, 4) is 0 Å². The largest absolute Gasteiger partial charge is 0.481 e. The number of nitrogens with one attached hydrogen (secondary N) is 2. The van der Waals surface area contributed by atoms with Gasteiger partial charge in [0.15, 0.2) is 0 Å². The number of aliphatic carboxylic acids is 1. The zero-order chi connectivity index (χ0) is 13.7. The van der Waals surface area contributed by atoms with E-state index in [1.165, 1.54) is 19.0 Å². The van der Waals surface area contributed by atoms with Gasteiger partial charge in [0.1, 0.15) is 12.5 Å². The van der Waals surface area contributed by atoms with Crippen molar-refractivity contribution in [2.24, 2.45) is 5.92 Å². The molecule has 8 heteroatoms. The minimum atomic E-state index is -1.01. The zero-order valence-electron chi connectivity index (χ0n) is 10.3. The summed E-state index contributed by atoms with van der Waals surface area (Å²) in [6, 6.07) is -1.07. The molecular formula is C10H17N3O5. The van der Waals surface area contributed by atoms with Gasteiger partial charge in [-0.3, -0.25) is 9.59 Å². The highest BCUT2D eigenvalue weighted by Gasteiger charge is 2.35. The van der Waals surface area contributed by atoms with Crippen molar-refractivity contribution in [1.82, 2.24) is 15.5 Å². The molecule has 0 spiro atoms. The van der Waals surface area contributed by atoms with E-state index in [4.69, 9.17) is 9.84 Å². The van der Waals surface area contributed by atoms with Crippen molar-refractivity contribution >= 4 is 17.9 Å². The number of hydrogen-bond acceptors (Lipinski definition) is 4. The van der Waals surface area contributed by atoms with Crippen molar-refractivity contribution in [2.75, 3.05) is 33.9 Å². The van der Waals surface area contributed by atoms with Crippen LogP contribution in [0.15, 0.2) is 0 Å². The number of ether oxygens (including phenoxy) is 1. The minimum absolute atomic E-state index is 0.0828. The third-order valence-corrected chi connectivity index (χ3v) is 2.71. The van der Waals surface area contributed by atoms with E-state index in [-0.39, 0.29) is 25.7 Å². The highest BCUT2D eigenvalue weighted by atomic mass is 16.5. The van der Waals surface area contributed by atoms with E-state index in [9.17, 15) is 14.4 Å². The van der Waals surface area contributed by atoms with Gasteiger partial charge in [-0.2, -0.15) is 0 Å². The van der Waals surface area contributed by atoms with Gasteiger partial charge in [0.25, 0.3) is 0 Å². The fraction of sp³-hybridized carbons (Fsp3) is 0.700. The van der Waals surface area contributed by atoms with Gasteiger partial charge in [-0.25, -0.2) is 4.79 Å². The molecule has 1 aliphatic heterocycles. The second-order valence-electron chi connectivity index (χ2n) is 4.07. The average Bonchev–Trinajstić information content (AvgIpc) is 2.76. The summed E-state index contributed by atoms with van der Waals surface area (Å²) >= 11 is 0. The van der Waals surface area contributed by atoms with Gasteiger partial charge in [0.2, 0.25) is 5.91 Å². The first kappa shape index (κ1) is 14.2. The number of carboxylic acids is 1. The van der Waals surface area contributed by atoms with E-state index in [0.717, 1.165) is 0 Å². The summed E-state index contributed by atoms with van der Waals surface area (Å²) in [6.07, 6.45) is 0. The summed E-state index contributed by atoms with van der Waals surface area (Å²) < 4.78 is 5.02. The van der Waals surface area contributed by atoms with E-state index in [1.54, 1.807) is 0 Å². The number of carboxylic acid groups (broad SMARTS) is 1. The topological polar surface area (TPSA) is 108 Å². The zero-order valence-corrected chi connectivity index (χ0v) is 10.3. The van der Waals surface area contributed by atoms with E-state index in [1.807, 2.05) is 0 Å². The molecule has 3 N–H and O–H groups in total. The summed E-state index contributed by atoms with van der Waals surface area (Å²) in [5, 5.41) is 13.8. The molecule has 0 saturated carbocycles. The minimum Gasteiger partial charge on any atom is -0.481 e. The number of carbonyl (C=O) groups is 3. The Kier molecular flexibility index (Phi) is 4.90. The molecule has 102 valence electrons. The first-order valence-corrected chi connectivity index (χ1v) is 5.48. The molecule has 18 heavy (non-hydrogen) atoms. The Bertz CT molecular complexity index is 346. The Labute approximate surface area is 104 Å². The summed E-state index contributed by atoms with van der Waals surface area (Å²) in [5.41, 5.74) is 0. The van der Waals surface area contributed by atoms with Crippen LogP contribution in [0.25, 0.3) is 0 Å². The average molecular weight is 259 g/mol. The van der Waals surface area contributed by atoms with Crippen molar-refractivity contribution in [3.63, 3.8) is 0 Å². The number of urea groups is 1. The molecule has 0 bridgehead atoms. The lowest BCUT2D eigenvalue weighted by Crippen LogP contribution is -2.49. The van der Waals surface area contributed by atoms with E-state index < -0.39 is 24.0 Å². The van der Waals surface area contributed by atoms with Gasteiger partial charge in [-0.1, -0.05) is 0 Å². The quantitative estimate of drug-likeness (QED) is 0.568. The van der Waals surface area contributed by atoms with Crippen molar-refractivity contribution in [1.29, 1.82) is 0 Å². The monoisotopic (exact) mass is 259 g/mol. The maximum absolute atomic E-state index is 11.7. The Morgan fingerprint density at radius 2 is 2.06 bits per heavy atom. The molecule has 0 aromatic carbocycles. The maximum atomic E-state index is 11.7. The van der Waals surface area contributed by atoms with Crippen LogP contribution in [0, 0.1) is 5.92 Å². The Balaban J connectivity index is 2.48. The van der Waals surface area contributed by atoms with Crippen LogP contribution in [0.4, 0.5) is 4.79 Å². The summed E-state index contributed by atoms with van der Waals surface area (Å²) in [5.74, 6) is -2.06. The lowest BCUT2D eigenvalue weighted by Gasteiger charge is -2.21. The molecule has 1 heterocycles. The third kappa shape index (κ3) is 3.59. The fourth-order valence-corrected chi connectivity index (χ4v) is 1.57. The molecule has 0 aromatic heterocycles. The lowest BCUT2D eigenvalue weighted by atomic mass is 10.0. The SMILES string of the molecule is CNC(=O)CN(C)C(=O)NC1COCC1C(=O)O. The number of likely N-dealkylation sites (N-methyl/N-ethyl adjacent to an activating group) is 2. The van der Waals surface area contributed by atoms with E-state index in [2.05, 4.69) is 10.6 Å².